The fourth-order valence-electron chi connectivity index (χ4n) is 4.15. The minimum absolute atomic E-state index is 0.0579. The van der Waals surface area contributed by atoms with Crippen LogP contribution in [0.1, 0.15) is 71.5 Å². The molecule has 1 aromatic rings. The molecule has 0 heterocycles. The van der Waals surface area contributed by atoms with Crippen molar-refractivity contribution in [2.45, 2.75) is 65.9 Å². The Morgan fingerprint density at radius 2 is 1.88 bits per heavy atom. The Hall–Kier alpha value is -1.35. The van der Waals surface area contributed by atoms with Gasteiger partial charge in [0.25, 0.3) is 0 Å². The highest BCUT2D eigenvalue weighted by Crippen LogP contribution is 2.40. The van der Waals surface area contributed by atoms with Gasteiger partial charge in [0.05, 0.1) is 6.10 Å². The molecule has 1 aromatic carbocycles. The Bertz CT molecular complexity index is 538. The van der Waals surface area contributed by atoms with Gasteiger partial charge >= 0.3 is 0 Å². The second-order valence-corrected chi connectivity index (χ2v) is 8.78. The number of amides is 1. The molecule has 3 atom stereocenters. The fourth-order valence-corrected chi connectivity index (χ4v) is 4.15. The molecule has 1 aliphatic rings. The third-order valence-corrected chi connectivity index (χ3v) is 5.89. The number of carbonyl (C=O) groups excluding carboxylic acids is 1. The van der Waals surface area contributed by atoms with Gasteiger partial charge in [-0.3, -0.25) is 4.79 Å². The molecule has 0 bridgehead atoms. The summed E-state index contributed by atoms with van der Waals surface area (Å²) >= 11 is 0. The summed E-state index contributed by atoms with van der Waals surface area (Å²) in [4.78, 5) is 12.9. The number of aliphatic hydroxyl groups excluding tert-OH is 1. The van der Waals surface area contributed by atoms with Crippen molar-refractivity contribution in [3.63, 3.8) is 0 Å². The molecule has 1 saturated carbocycles. The average Bonchev–Trinajstić information content (AvgIpc) is 2.56. The molecule has 140 valence electrons. The van der Waals surface area contributed by atoms with Gasteiger partial charge in [-0.2, -0.15) is 0 Å². The highest BCUT2D eigenvalue weighted by Gasteiger charge is 2.34. The van der Waals surface area contributed by atoms with Crippen LogP contribution in [0, 0.1) is 23.2 Å². The van der Waals surface area contributed by atoms with E-state index in [0.717, 1.165) is 24.8 Å². The summed E-state index contributed by atoms with van der Waals surface area (Å²) < 4.78 is 0. The van der Waals surface area contributed by atoms with Crippen LogP contribution in [0.4, 0.5) is 0 Å². The monoisotopic (exact) mass is 345 g/mol. The fraction of sp³-hybridized carbons (Fsp3) is 0.682. The van der Waals surface area contributed by atoms with Crippen molar-refractivity contribution in [2.24, 2.45) is 23.2 Å². The Morgan fingerprint density at radius 1 is 1.20 bits per heavy atom. The topological polar surface area (TPSA) is 49.3 Å². The van der Waals surface area contributed by atoms with Crippen molar-refractivity contribution in [3.8, 4) is 0 Å². The van der Waals surface area contributed by atoms with Crippen LogP contribution in [-0.2, 0) is 4.79 Å². The third kappa shape index (κ3) is 5.85. The van der Waals surface area contributed by atoms with E-state index in [0.29, 0.717) is 17.3 Å². The lowest BCUT2D eigenvalue weighted by atomic mass is 9.69. The summed E-state index contributed by atoms with van der Waals surface area (Å²) in [6.07, 6.45) is 4.97. The summed E-state index contributed by atoms with van der Waals surface area (Å²) in [6.45, 7) is 9.38. The van der Waals surface area contributed by atoms with E-state index in [9.17, 15) is 9.90 Å². The number of nitrogens with one attached hydrogen (secondary N) is 1. The zero-order valence-electron chi connectivity index (χ0n) is 16.3. The van der Waals surface area contributed by atoms with Gasteiger partial charge in [0.15, 0.2) is 0 Å². The lowest BCUT2D eigenvalue weighted by Crippen LogP contribution is -2.40. The van der Waals surface area contributed by atoms with Crippen LogP contribution in [0.2, 0.25) is 0 Å². The van der Waals surface area contributed by atoms with E-state index >= 15 is 0 Å². The minimum atomic E-state index is -0.646. The van der Waals surface area contributed by atoms with E-state index in [-0.39, 0.29) is 18.4 Å². The Balaban J connectivity index is 2.00. The van der Waals surface area contributed by atoms with E-state index < -0.39 is 6.10 Å². The third-order valence-electron chi connectivity index (χ3n) is 5.89. The minimum Gasteiger partial charge on any atom is -0.387 e. The first-order valence-electron chi connectivity index (χ1n) is 9.81. The van der Waals surface area contributed by atoms with Crippen molar-refractivity contribution < 1.29 is 9.90 Å². The van der Waals surface area contributed by atoms with E-state index in [1.54, 1.807) is 0 Å². The molecule has 1 fully saturated rings. The molecule has 0 radical (unpaired) electrons. The summed E-state index contributed by atoms with van der Waals surface area (Å²) in [5.74, 6) is 1.12. The molecule has 3 heteroatoms. The van der Waals surface area contributed by atoms with Gasteiger partial charge in [0.1, 0.15) is 0 Å². The smallest absolute Gasteiger partial charge is 0.223 e. The molecule has 25 heavy (non-hydrogen) atoms. The normalized spacial score (nSPS) is 25.0. The van der Waals surface area contributed by atoms with E-state index in [1.165, 1.54) is 12.8 Å². The molecule has 0 saturated heterocycles. The first-order chi connectivity index (χ1) is 11.8. The molecule has 0 spiro atoms. The van der Waals surface area contributed by atoms with Gasteiger partial charge in [-0.05, 0) is 48.5 Å². The predicted octanol–water partition coefficient (Wildman–Crippen LogP) is 4.71. The maximum atomic E-state index is 12.9. The van der Waals surface area contributed by atoms with Gasteiger partial charge in [-0.1, -0.05) is 64.4 Å². The number of aliphatic hydroxyl groups is 1. The number of hydrogen-bond acceptors (Lipinski definition) is 2. The molecule has 0 aliphatic heterocycles. The molecule has 3 nitrogen and oxygen atoms in total. The van der Waals surface area contributed by atoms with E-state index in [1.807, 2.05) is 30.3 Å². The maximum absolute atomic E-state index is 12.9. The number of carbonyl (C=O) groups is 1. The average molecular weight is 346 g/mol. The second kappa shape index (κ2) is 8.84. The number of hydrogen-bond donors (Lipinski definition) is 2. The van der Waals surface area contributed by atoms with Gasteiger partial charge < -0.3 is 10.4 Å². The van der Waals surface area contributed by atoms with Crippen molar-refractivity contribution in [3.05, 3.63) is 35.9 Å². The SMILES string of the molecule is CC(C)C1CCCC(C)(C)CCC1C(=O)NCC(O)c1ccccc1. The van der Waals surface area contributed by atoms with Crippen LogP contribution in [-0.4, -0.2) is 17.6 Å². The van der Waals surface area contributed by atoms with Crippen molar-refractivity contribution in [1.29, 1.82) is 0 Å². The maximum Gasteiger partial charge on any atom is 0.223 e. The molecular formula is C22H35NO2. The van der Waals surface area contributed by atoms with Crippen LogP contribution >= 0.6 is 0 Å². The highest BCUT2D eigenvalue weighted by atomic mass is 16.3. The largest absolute Gasteiger partial charge is 0.387 e. The zero-order chi connectivity index (χ0) is 18.4. The van der Waals surface area contributed by atoms with Gasteiger partial charge in [-0.25, -0.2) is 0 Å². The molecule has 0 aromatic heterocycles. The van der Waals surface area contributed by atoms with Gasteiger partial charge in [0, 0.05) is 12.5 Å². The lowest BCUT2D eigenvalue weighted by Gasteiger charge is -2.36. The summed E-state index contributed by atoms with van der Waals surface area (Å²) in [6, 6.07) is 9.54. The molecule has 2 rings (SSSR count). The van der Waals surface area contributed by atoms with Crippen molar-refractivity contribution >= 4 is 5.91 Å². The first-order valence-corrected chi connectivity index (χ1v) is 9.81. The predicted molar refractivity (Wildman–Crippen MR) is 103 cm³/mol. The molecule has 1 aliphatic carbocycles. The number of rotatable bonds is 5. The Morgan fingerprint density at radius 3 is 2.52 bits per heavy atom. The van der Waals surface area contributed by atoms with Crippen LogP contribution in [0.15, 0.2) is 30.3 Å². The van der Waals surface area contributed by atoms with Crippen LogP contribution in [0.25, 0.3) is 0 Å². The summed E-state index contributed by atoms with van der Waals surface area (Å²) in [5, 5.41) is 13.3. The van der Waals surface area contributed by atoms with E-state index in [2.05, 4.69) is 33.0 Å². The molecular weight excluding hydrogens is 310 g/mol. The van der Waals surface area contributed by atoms with E-state index in [4.69, 9.17) is 0 Å². The summed E-state index contributed by atoms with van der Waals surface area (Å²) in [5.41, 5.74) is 1.17. The molecule has 1 amide bonds. The second-order valence-electron chi connectivity index (χ2n) is 8.78. The quantitative estimate of drug-likeness (QED) is 0.811. The first kappa shape index (κ1) is 20.0. The van der Waals surface area contributed by atoms with Crippen molar-refractivity contribution in [2.75, 3.05) is 6.54 Å². The Labute approximate surface area is 153 Å². The van der Waals surface area contributed by atoms with Gasteiger partial charge in [-0.15, -0.1) is 0 Å². The standard InChI is InChI=1S/C22H35NO2/c1-16(2)18-11-8-13-22(3,4)14-12-19(18)21(25)23-15-20(24)17-9-6-5-7-10-17/h5-7,9-10,16,18-20,24H,8,11-15H2,1-4H3,(H,23,25). The summed E-state index contributed by atoms with van der Waals surface area (Å²) in [7, 11) is 0. The Kier molecular flexibility index (Phi) is 7.06. The van der Waals surface area contributed by atoms with Crippen LogP contribution in [0.3, 0.4) is 0 Å². The highest BCUT2D eigenvalue weighted by molar-refractivity contribution is 5.79. The van der Waals surface area contributed by atoms with Crippen LogP contribution < -0.4 is 5.32 Å². The molecule has 2 N–H and O–H groups in total. The zero-order valence-corrected chi connectivity index (χ0v) is 16.3. The van der Waals surface area contributed by atoms with Crippen molar-refractivity contribution in [1.82, 2.24) is 5.32 Å². The van der Waals surface area contributed by atoms with Gasteiger partial charge in [0.2, 0.25) is 5.91 Å². The number of benzene rings is 1. The molecule has 3 unspecified atom stereocenters. The lowest BCUT2D eigenvalue weighted by molar-refractivity contribution is -0.128. The van der Waals surface area contributed by atoms with Crippen LogP contribution in [0.5, 0.6) is 0 Å².